The van der Waals surface area contributed by atoms with E-state index in [2.05, 4.69) is 41.4 Å². The van der Waals surface area contributed by atoms with E-state index >= 15 is 0 Å². The zero-order valence-corrected chi connectivity index (χ0v) is 14.9. The van der Waals surface area contributed by atoms with E-state index < -0.39 is 0 Å². The molecule has 1 N–H and O–H groups in total. The number of benzene rings is 2. The number of piperazine rings is 1. The Labute approximate surface area is 149 Å². The molecule has 2 aromatic rings. The van der Waals surface area contributed by atoms with Crippen LogP contribution < -0.4 is 15.0 Å². The molecule has 3 rings (SSSR count). The molecule has 1 unspecified atom stereocenters. The second-order valence-electron chi connectivity index (χ2n) is 6.23. The fraction of sp³-hybridized carbons (Fsp3) is 0.400. The van der Waals surface area contributed by atoms with Gasteiger partial charge in [0.2, 0.25) is 0 Å². The summed E-state index contributed by atoms with van der Waals surface area (Å²) in [6, 6.07) is 16.9. The maximum atomic E-state index is 5.97. The van der Waals surface area contributed by atoms with Gasteiger partial charge in [-0.15, -0.1) is 0 Å². The summed E-state index contributed by atoms with van der Waals surface area (Å²) in [5, 5.41) is 4.20. The lowest BCUT2D eigenvalue weighted by Crippen LogP contribution is -2.54. The Morgan fingerprint density at radius 2 is 1.88 bits per heavy atom. The highest BCUT2D eigenvalue weighted by atomic mass is 35.5. The number of anilines is 1. The first-order chi connectivity index (χ1) is 11.8. The van der Waals surface area contributed by atoms with Gasteiger partial charge in [-0.05, 0) is 48.4 Å². The maximum absolute atomic E-state index is 5.97. The van der Waals surface area contributed by atoms with Crippen molar-refractivity contribution in [2.24, 2.45) is 0 Å². The predicted octanol–water partition coefficient (Wildman–Crippen LogP) is 4.15. The van der Waals surface area contributed by atoms with E-state index in [1.165, 1.54) is 17.7 Å². The standard InChI is InChI=1S/C20H25ClN2O/c1-2-3-16-4-8-18(9-5-16)23-13-12-22-14-19(23)15-24-20-10-6-17(21)7-11-20/h4-11,19,22H,2-3,12-15H2,1H3. The summed E-state index contributed by atoms with van der Waals surface area (Å²) in [7, 11) is 0. The summed E-state index contributed by atoms with van der Waals surface area (Å²) in [4.78, 5) is 2.45. The van der Waals surface area contributed by atoms with Gasteiger partial charge in [0.05, 0.1) is 6.04 Å². The van der Waals surface area contributed by atoms with Crippen molar-refractivity contribution in [3.63, 3.8) is 0 Å². The van der Waals surface area contributed by atoms with E-state index in [0.717, 1.165) is 36.8 Å². The number of aryl methyl sites for hydroxylation is 1. The highest BCUT2D eigenvalue weighted by Gasteiger charge is 2.23. The van der Waals surface area contributed by atoms with Crippen molar-refractivity contribution >= 4 is 17.3 Å². The number of nitrogens with zero attached hydrogens (tertiary/aromatic N) is 1. The van der Waals surface area contributed by atoms with Crippen LogP contribution in [0.2, 0.25) is 5.02 Å². The van der Waals surface area contributed by atoms with Crippen LogP contribution in [0.1, 0.15) is 18.9 Å². The van der Waals surface area contributed by atoms with Gasteiger partial charge in [-0.2, -0.15) is 0 Å². The molecule has 0 saturated carbocycles. The van der Waals surface area contributed by atoms with Crippen molar-refractivity contribution in [2.45, 2.75) is 25.8 Å². The number of hydrogen-bond donors (Lipinski definition) is 1. The van der Waals surface area contributed by atoms with E-state index in [9.17, 15) is 0 Å². The zero-order valence-electron chi connectivity index (χ0n) is 14.2. The Kier molecular flexibility index (Phi) is 6.00. The first-order valence-electron chi connectivity index (χ1n) is 8.71. The highest BCUT2D eigenvalue weighted by molar-refractivity contribution is 6.30. The minimum absolute atomic E-state index is 0.325. The number of ether oxygens (including phenoxy) is 1. The molecule has 1 heterocycles. The topological polar surface area (TPSA) is 24.5 Å². The zero-order chi connectivity index (χ0) is 16.8. The van der Waals surface area contributed by atoms with Crippen molar-refractivity contribution in [2.75, 3.05) is 31.1 Å². The van der Waals surface area contributed by atoms with Crippen molar-refractivity contribution < 1.29 is 4.74 Å². The van der Waals surface area contributed by atoms with Crippen LogP contribution in [0.15, 0.2) is 48.5 Å². The van der Waals surface area contributed by atoms with Gasteiger partial charge in [-0.1, -0.05) is 37.1 Å². The van der Waals surface area contributed by atoms with Crippen molar-refractivity contribution in [1.82, 2.24) is 5.32 Å². The molecule has 0 aliphatic carbocycles. The third-order valence-corrected chi connectivity index (χ3v) is 4.66. The normalized spacial score (nSPS) is 17.8. The SMILES string of the molecule is CCCc1ccc(N2CCNCC2COc2ccc(Cl)cc2)cc1. The Bertz CT molecular complexity index is 627. The van der Waals surface area contributed by atoms with Crippen LogP contribution in [-0.2, 0) is 6.42 Å². The number of nitrogens with one attached hydrogen (secondary N) is 1. The monoisotopic (exact) mass is 344 g/mol. The molecule has 3 nitrogen and oxygen atoms in total. The summed E-state index contributed by atoms with van der Waals surface area (Å²) in [5.41, 5.74) is 2.69. The van der Waals surface area contributed by atoms with Gasteiger partial charge in [0.15, 0.2) is 0 Å². The molecule has 1 fully saturated rings. The lowest BCUT2D eigenvalue weighted by atomic mass is 10.1. The lowest BCUT2D eigenvalue weighted by Gasteiger charge is -2.37. The average Bonchev–Trinajstić information content (AvgIpc) is 2.63. The summed E-state index contributed by atoms with van der Waals surface area (Å²) >= 11 is 5.93. The van der Waals surface area contributed by atoms with Gasteiger partial charge in [-0.3, -0.25) is 0 Å². The smallest absolute Gasteiger partial charge is 0.119 e. The van der Waals surface area contributed by atoms with Crippen molar-refractivity contribution in [3.8, 4) is 5.75 Å². The van der Waals surface area contributed by atoms with Gasteiger partial charge >= 0.3 is 0 Å². The minimum atomic E-state index is 0.325. The Morgan fingerprint density at radius 1 is 1.12 bits per heavy atom. The number of hydrogen-bond acceptors (Lipinski definition) is 3. The molecule has 1 saturated heterocycles. The molecule has 0 radical (unpaired) electrons. The van der Waals surface area contributed by atoms with Crippen LogP contribution in [0.4, 0.5) is 5.69 Å². The van der Waals surface area contributed by atoms with E-state index in [4.69, 9.17) is 16.3 Å². The molecule has 0 bridgehead atoms. The molecular weight excluding hydrogens is 320 g/mol. The molecule has 128 valence electrons. The van der Waals surface area contributed by atoms with Crippen molar-refractivity contribution in [3.05, 3.63) is 59.1 Å². The Hall–Kier alpha value is -1.71. The van der Waals surface area contributed by atoms with Gasteiger partial charge < -0.3 is 15.0 Å². The Morgan fingerprint density at radius 3 is 2.58 bits per heavy atom. The van der Waals surface area contributed by atoms with Gasteiger partial charge in [0.1, 0.15) is 12.4 Å². The van der Waals surface area contributed by atoms with Gasteiger partial charge in [-0.25, -0.2) is 0 Å². The molecular formula is C20H25ClN2O. The molecule has 4 heteroatoms. The van der Waals surface area contributed by atoms with Crippen molar-refractivity contribution in [1.29, 1.82) is 0 Å². The third-order valence-electron chi connectivity index (χ3n) is 4.41. The van der Waals surface area contributed by atoms with Gasteiger partial charge in [0, 0.05) is 30.3 Å². The summed E-state index contributed by atoms with van der Waals surface area (Å²) < 4.78 is 5.97. The summed E-state index contributed by atoms with van der Waals surface area (Å²) in [5.74, 6) is 0.864. The quantitative estimate of drug-likeness (QED) is 0.852. The Balaban J connectivity index is 1.65. The van der Waals surface area contributed by atoms with Crippen LogP contribution in [0, 0.1) is 0 Å². The van der Waals surface area contributed by atoms with Crippen LogP contribution >= 0.6 is 11.6 Å². The molecule has 0 amide bonds. The van der Waals surface area contributed by atoms with Crippen LogP contribution in [0.3, 0.4) is 0 Å². The largest absolute Gasteiger partial charge is 0.491 e. The van der Waals surface area contributed by atoms with Crippen LogP contribution in [0.5, 0.6) is 5.75 Å². The van der Waals surface area contributed by atoms with E-state index in [-0.39, 0.29) is 0 Å². The first-order valence-corrected chi connectivity index (χ1v) is 9.08. The van der Waals surface area contributed by atoms with Crippen LogP contribution in [0.25, 0.3) is 0 Å². The van der Waals surface area contributed by atoms with E-state index in [1.807, 2.05) is 24.3 Å². The van der Waals surface area contributed by atoms with E-state index in [0.29, 0.717) is 12.6 Å². The predicted molar refractivity (Wildman–Crippen MR) is 101 cm³/mol. The molecule has 1 atom stereocenters. The molecule has 0 aromatic heterocycles. The average molecular weight is 345 g/mol. The number of halogens is 1. The second kappa shape index (κ2) is 8.41. The first kappa shape index (κ1) is 17.1. The minimum Gasteiger partial charge on any atom is -0.491 e. The fourth-order valence-corrected chi connectivity index (χ4v) is 3.24. The molecule has 24 heavy (non-hydrogen) atoms. The third kappa shape index (κ3) is 4.43. The maximum Gasteiger partial charge on any atom is 0.119 e. The molecule has 1 aliphatic heterocycles. The lowest BCUT2D eigenvalue weighted by molar-refractivity contribution is 0.267. The number of rotatable bonds is 6. The van der Waals surface area contributed by atoms with Gasteiger partial charge in [0.25, 0.3) is 0 Å². The second-order valence-corrected chi connectivity index (χ2v) is 6.67. The molecule has 0 spiro atoms. The summed E-state index contributed by atoms with van der Waals surface area (Å²) in [6.07, 6.45) is 2.33. The van der Waals surface area contributed by atoms with E-state index in [1.54, 1.807) is 0 Å². The molecule has 2 aromatic carbocycles. The molecule has 1 aliphatic rings. The highest BCUT2D eigenvalue weighted by Crippen LogP contribution is 2.21. The van der Waals surface area contributed by atoms with Crippen LogP contribution in [-0.4, -0.2) is 32.3 Å². The fourth-order valence-electron chi connectivity index (χ4n) is 3.12. The summed E-state index contributed by atoms with van der Waals surface area (Å²) in [6.45, 7) is 5.82.